The molecule has 1 aromatic carbocycles. The van der Waals surface area contributed by atoms with Crippen molar-refractivity contribution >= 4 is 0 Å². The molecule has 1 aromatic rings. The quantitative estimate of drug-likeness (QED) is 0.869. The van der Waals surface area contributed by atoms with E-state index < -0.39 is 0 Å². The molecule has 0 aliphatic carbocycles. The van der Waals surface area contributed by atoms with Gasteiger partial charge in [0.15, 0.2) is 0 Å². The number of aliphatic hydroxyl groups is 1. The SMILES string of the molecule is COc1cc(C)c(CCCO)cc1C(C)(C)C. The Morgan fingerprint density at radius 2 is 1.88 bits per heavy atom. The van der Waals surface area contributed by atoms with Crippen molar-refractivity contribution in [2.45, 2.75) is 46.0 Å². The molecule has 0 saturated heterocycles. The maximum atomic E-state index is 8.92. The van der Waals surface area contributed by atoms with Crippen molar-refractivity contribution in [3.8, 4) is 5.75 Å². The van der Waals surface area contributed by atoms with Crippen molar-refractivity contribution in [1.82, 2.24) is 0 Å². The molecule has 0 aliphatic heterocycles. The van der Waals surface area contributed by atoms with Crippen molar-refractivity contribution in [1.29, 1.82) is 0 Å². The summed E-state index contributed by atoms with van der Waals surface area (Å²) < 4.78 is 5.46. The van der Waals surface area contributed by atoms with Crippen LogP contribution in [0.4, 0.5) is 0 Å². The highest BCUT2D eigenvalue weighted by Crippen LogP contribution is 2.33. The fraction of sp³-hybridized carbons (Fsp3) is 0.600. The van der Waals surface area contributed by atoms with Gasteiger partial charge in [-0.15, -0.1) is 0 Å². The third-order valence-electron chi connectivity index (χ3n) is 3.07. The number of hydrogen-bond acceptors (Lipinski definition) is 2. The molecule has 0 spiro atoms. The van der Waals surface area contributed by atoms with E-state index in [4.69, 9.17) is 9.84 Å². The second-order valence-electron chi connectivity index (χ2n) is 5.56. The van der Waals surface area contributed by atoms with E-state index >= 15 is 0 Å². The lowest BCUT2D eigenvalue weighted by Crippen LogP contribution is -2.14. The molecule has 2 nitrogen and oxygen atoms in total. The van der Waals surface area contributed by atoms with E-state index in [9.17, 15) is 0 Å². The van der Waals surface area contributed by atoms with Gasteiger partial charge in [0.05, 0.1) is 7.11 Å². The van der Waals surface area contributed by atoms with Crippen LogP contribution >= 0.6 is 0 Å². The third kappa shape index (κ3) is 3.47. The molecule has 0 unspecified atom stereocenters. The normalized spacial score (nSPS) is 11.6. The van der Waals surface area contributed by atoms with E-state index in [0.29, 0.717) is 0 Å². The second kappa shape index (κ2) is 5.54. The Hall–Kier alpha value is -1.02. The van der Waals surface area contributed by atoms with Crippen molar-refractivity contribution < 1.29 is 9.84 Å². The van der Waals surface area contributed by atoms with Crippen LogP contribution in [0.5, 0.6) is 5.75 Å². The summed E-state index contributed by atoms with van der Waals surface area (Å²) >= 11 is 0. The Morgan fingerprint density at radius 1 is 1.24 bits per heavy atom. The van der Waals surface area contributed by atoms with Crippen molar-refractivity contribution in [2.24, 2.45) is 0 Å². The largest absolute Gasteiger partial charge is 0.496 e. The molecule has 0 saturated carbocycles. The minimum absolute atomic E-state index is 0.0764. The maximum absolute atomic E-state index is 8.92. The van der Waals surface area contributed by atoms with E-state index in [1.807, 2.05) is 0 Å². The molecular weight excluding hydrogens is 212 g/mol. The first-order chi connectivity index (χ1) is 7.90. The van der Waals surface area contributed by atoms with Gasteiger partial charge in [-0.25, -0.2) is 0 Å². The Morgan fingerprint density at radius 3 is 2.35 bits per heavy atom. The Kier molecular flexibility index (Phi) is 4.58. The lowest BCUT2D eigenvalue weighted by Gasteiger charge is -2.24. The van der Waals surface area contributed by atoms with Gasteiger partial charge in [0, 0.05) is 6.61 Å². The van der Waals surface area contributed by atoms with E-state index in [-0.39, 0.29) is 12.0 Å². The number of benzene rings is 1. The maximum Gasteiger partial charge on any atom is 0.122 e. The third-order valence-corrected chi connectivity index (χ3v) is 3.07. The number of hydrogen-bond donors (Lipinski definition) is 1. The standard InChI is InChI=1S/C15H24O2/c1-11-9-14(17-5)13(15(2,3)4)10-12(11)7-6-8-16/h9-10,16H,6-8H2,1-5H3. The highest BCUT2D eigenvalue weighted by molar-refractivity contribution is 5.45. The predicted molar refractivity (Wildman–Crippen MR) is 71.8 cm³/mol. The number of aryl methyl sites for hydroxylation is 2. The first kappa shape index (κ1) is 14.0. The summed E-state index contributed by atoms with van der Waals surface area (Å²) in [5.41, 5.74) is 3.86. The van der Waals surface area contributed by atoms with Crippen LogP contribution in [0.15, 0.2) is 12.1 Å². The number of aliphatic hydroxyl groups excluding tert-OH is 1. The molecule has 0 amide bonds. The monoisotopic (exact) mass is 236 g/mol. The zero-order valence-corrected chi connectivity index (χ0v) is 11.6. The summed E-state index contributed by atoms with van der Waals surface area (Å²) in [4.78, 5) is 0. The topological polar surface area (TPSA) is 29.5 Å². The Bertz CT molecular complexity index is 375. The average molecular weight is 236 g/mol. The molecular formula is C15H24O2. The van der Waals surface area contributed by atoms with E-state index in [1.165, 1.54) is 16.7 Å². The molecule has 0 aromatic heterocycles. The lowest BCUT2D eigenvalue weighted by atomic mass is 9.84. The predicted octanol–water partition coefficient (Wildman–Crippen LogP) is 3.23. The molecule has 0 aliphatic rings. The fourth-order valence-electron chi connectivity index (χ4n) is 2.02. The summed E-state index contributed by atoms with van der Waals surface area (Å²) in [6, 6.07) is 4.33. The molecule has 0 atom stereocenters. The highest BCUT2D eigenvalue weighted by atomic mass is 16.5. The molecule has 0 bridgehead atoms. The number of ether oxygens (including phenoxy) is 1. The van der Waals surface area contributed by atoms with Crippen molar-refractivity contribution in [2.75, 3.05) is 13.7 Å². The second-order valence-corrected chi connectivity index (χ2v) is 5.56. The van der Waals surface area contributed by atoms with Crippen LogP contribution in [0.1, 0.15) is 43.9 Å². The molecule has 17 heavy (non-hydrogen) atoms. The van der Waals surface area contributed by atoms with Gasteiger partial charge in [0.1, 0.15) is 5.75 Å². The lowest BCUT2D eigenvalue weighted by molar-refractivity contribution is 0.288. The molecule has 96 valence electrons. The molecule has 0 heterocycles. The Balaban J connectivity index is 3.18. The number of methoxy groups -OCH3 is 1. The molecule has 0 fully saturated rings. The molecule has 1 rings (SSSR count). The summed E-state index contributed by atoms with van der Waals surface area (Å²) in [5, 5.41) is 8.92. The molecule has 1 N–H and O–H groups in total. The molecule has 2 heteroatoms. The van der Waals surface area contributed by atoms with Crippen LogP contribution in [0, 0.1) is 6.92 Å². The van der Waals surface area contributed by atoms with Gasteiger partial charge in [-0.1, -0.05) is 26.8 Å². The minimum Gasteiger partial charge on any atom is -0.496 e. The summed E-state index contributed by atoms with van der Waals surface area (Å²) in [6.45, 7) is 8.92. The fourth-order valence-corrected chi connectivity index (χ4v) is 2.02. The van der Waals surface area contributed by atoms with Gasteiger partial charge >= 0.3 is 0 Å². The first-order valence-electron chi connectivity index (χ1n) is 6.19. The van der Waals surface area contributed by atoms with Crippen LogP contribution in [0.3, 0.4) is 0 Å². The zero-order chi connectivity index (χ0) is 13.1. The zero-order valence-electron chi connectivity index (χ0n) is 11.6. The van der Waals surface area contributed by atoms with Gasteiger partial charge in [-0.05, 0) is 47.9 Å². The van der Waals surface area contributed by atoms with Crippen molar-refractivity contribution in [3.63, 3.8) is 0 Å². The van der Waals surface area contributed by atoms with Crippen molar-refractivity contribution in [3.05, 3.63) is 28.8 Å². The van der Waals surface area contributed by atoms with Gasteiger partial charge < -0.3 is 9.84 Å². The summed E-state index contributed by atoms with van der Waals surface area (Å²) in [6.07, 6.45) is 1.74. The highest BCUT2D eigenvalue weighted by Gasteiger charge is 2.20. The Labute approximate surface area is 105 Å². The number of rotatable bonds is 4. The van der Waals surface area contributed by atoms with E-state index in [1.54, 1.807) is 7.11 Å². The van der Waals surface area contributed by atoms with Gasteiger partial charge in [0.25, 0.3) is 0 Å². The minimum atomic E-state index is 0.0764. The first-order valence-corrected chi connectivity index (χ1v) is 6.19. The van der Waals surface area contributed by atoms with Gasteiger partial charge in [-0.3, -0.25) is 0 Å². The average Bonchev–Trinajstić information content (AvgIpc) is 2.25. The smallest absolute Gasteiger partial charge is 0.122 e. The van der Waals surface area contributed by atoms with E-state index in [2.05, 4.69) is 39.8 Å². The van der Waals surface area contributed by atoms with Crippen LogP contribution in [-0.2, 0) is 11.8 Å². The van der Waals surface area contributed by atoms with Crippen LogP contribution in [0.2, 0.25) is 0 Å². The van der Waals surface area contributed by atoms with Crippen LogP contribution in [0.25, 0.3) is 0 Å². The van der Waals surface area contributed by atoms with Crippen LogP contribution < -0.4 is 4.74 Å². The van der Waals surface area contributed by atoms with E-state index in [0.717, 1.165) is 18.6 Å². The van der Waals surface area contributed by atoms with Gasteiger partial charge in [0.2, 0.25) is 0 Å². The summed E-state index contributed by atoms with van der Waals surface area (Å²) in [5.74, 6) is 0.961. The van der Waals surface area contributed by atoms with Crippen LogP contribution in [-0.4, -0.2) is 18.8 Å². The molecule has 0 radical (unpaired) electrons. The van der Waals surface area contributed by atoms with Gasteiger partial charge in [-0.2, -0.15) is 0 Å². The summed E-state index contributed by atoms with van der Waals surface area (Å²) in [7, 11) is 1.72.